The van der Waals surface area contributed by atoms with Gasteiger partial charge in [-0.3, -0.25) is 19.3 Å². The number of halogens is 1. The van der Waals surface area contributed by atoms with Gasteiger partial charge in [0, 0.05) is 5.56 Å². The van der Waals surface area contributed by atoms with Crippen LogP contribution in [0.1, 0.15) is 23.2 Å². The highest BCUT2D eigenvalue weighted by Gasteiger charge is 2.47. The van der Waals surface area contributed by atoms with E-state index in [0.717, 1.165) is 4.90 Å². The van der Waals surface area contributed by atoms with Crippen LogP contribution < -0.4 is 4.74 Å². The third-order valence-electron chi connectivity index (χ3n) is 4.37. The minimum Gasteiger partial charge on any atom is -0.495 e. The molecular weight excluding hydrogens is 318 g/mol. The van der Waals surface area contributed by atoms with Crippen LogP contribution in [0.25, 0.3) is 0 Å². The van der Waals surface area contributed by atoms with E-state index in [1.807, 2.05) is 12.2 Å². The van der Waals surface area contributed by atoms with E-state index in [9.17, 15) is 14.4 Å². The van der Waals surface area contributed by atoms with Crippen LogP contribution in [0.15, 0.2) is 30.4 Å². The predicted octanol–water partition coefficient (Wildman–Crippen LogP) is 2.48. The lowest BCUT2D eigenvalue weighted by Crippen LogP contribution is -2.36. The molecule has 1 fully saturated rings. The minimum atomic E-state index is -0.320. The molecule has 1 heterocycles. The fourth-order valence-corrected chi connectivity index (χ4v) is 3.36. The van der Waals surface area contributed by atoms with Crippen molar-refractivity contribution in [3.63, 3.8) is 0 Å². The van der Waals surface area contributed by atoms with Crippen LogP contribution in [0.3, 0.4) is 0 Å². The van der Waals surface area contributed by atoms with Crippen molar-refractivity contribution in [3.05, 3.63) is 40.9 Å². The molecule has 0 saturated carbocycles. The Morgan fingerprint density at radius 1 is 1.22 bits per heavy atom. The van der Waals surface area contributed by atoms with Crippen LogP contribution in [-0.4, -0.2) is 36.2 Å². The molecule has 2 aliphatic rings. The van der Waals surface area contributed by atoms with Gasteiger partial charge in [0.1, 0.15) is 5.75 Å². The number of hydrogen-bond donors (Lipinski definition) is 0. The summed E-state index contributed by atoms with van der Waals surface area (Å²) in [5, 5.41) is 0.315. The van der Waals surface area contributed by atoms with E-state index in [2.05, 4.69) is 0 Å². The maximum absolute atomic E-state index is 12.4. The van der Waals surface area contributed by atoms with Crippen molar-refractivity contribution in [1.29, 1.82) is 0 Å². The first-order valence-electron chi connectivity index (χ1n) is 7.40. The number of amides is 2. The van der Waals surface area contributed by atoms with Gasteiger partial charge >= 0.3 is 0 Å². The molecule has 1 aliphatic heterocycles. The van der Waals surface area contributed by atoms with E-state index in [1.54, 1.807) is 12.1 Å². The summed E-state index contributed by atoms with van der Waals surface area (Å²) in [6, 6.07) is 4.65. The van der Waals surface area contributed by atoms with Crippen LogP contribution in [0.5, 0.6) is 5.75 Å². The Hall–Kier alpha value is -2.14. The largest absolute Gasteiger partial charge is 0.495 e. The summed E-state index contributed by atoms with van der Waals surface area (Å²) in [6.07, 6.45) is 4.96. The van der Waals surface area contributed by atoms with Crippen molar-refractivity contribution in [2.24, 2.45) is 11.8 Å². The molecule has 120 valence electrons. The average molecular weight is 334 g/mol. The maximum atomic E-state index is 12.4. The quantitative estimate of drug-likeness (QED) is 0.482. The van der Waals surface area contributed by atoms with Gasteiger partial charge in [0.2, 0.25) is 11.8 Å². The number of Topliss-reactive ketones (excluding diaryl/α,β-unsaturated/α-hetero) is 1. The summed E-state index contributed by atoms with van der Waals surface area (Å²) < 4.78 is 5.04. The van der Waals surface area contributed by atoms with Crippen molar-refractivity contribution in [2.45, 2.75) is 12.8 Å². The summed E-state index contributed by atoms with van der Waals surface area (Å²) >= 11 is 6.01. The first-order chi connectivity index (χ1) is 11.0. The van der Waals surface area contributed by atoms with Gasteiger partial charge < -0.3 is 4.74 Å². The molecule has 1 aromatic carbocycles. The number of carbonyl (C=O) groups excluding carboxylic acids is 3. The van der Waals surface area contributed by atoms with Gasteiger partial charge in [-0.2, -0.15) is 0 Å². The van der Waals surface area contributed by atoms with Crippen molar-refractivity contribution in [3.8, 4) is 5.75 Å². The first kappa shape index (κ1) is 15.7. The summed E-state index contributed by atoms with van der Waals surface area (Å²) in [5.41, 5.74) is 0.351. The fraction of sp³-hybridized carbons (Fsp3) is 0.353. The van der Waals surface area contributed by atoms with Gasteiger partial charge in [0.05, 0.1) is 30.5 Å². The third kappa shape index (κ3) is 2.77. The topological polar surface area (TPSA) is 63.7 Å². The lowest BCUT2D eigenvalue weighted by atomic mass is 9.85. The van der Waals surface area contributed by atoms with Crippen LogP contribution in [0, 0.1) is 11.8 Å². The molecular formula is C17H16ClNO4. The number of imide groups is 1. The number of nitrogens with zero attached hydrogens (tertiary/aromatic N) is 1. The molecule has 23 heavy (non-hydrogen) atoms. The first-order valence-corrected chi connectivity index (χ1v) is 7.77. The van der Waals surface area contributed by atoms with E-state index in [4.69, 9.17) is 16.3 Å². The van der Waals surface area contributed by atoms with Gasteiger partial charge in [0.25, 0.3) is 0 Å². The van der Waals surface area contributed by atoms with E-state index < -0.39 is 0 Å². The number of methoxy groups -OCH3 is 1. The number of benzene rings is 1. The molecule has 1 aromatic rings. The maximum Gasteiger partial charge on any atom is 0.233 e. The lowest BCUT2D eigenvalue weighted by Gasteiger charge is -2.14. The molecule has 3 rings (SSSR count). The average Bonchev–Trinajstić information content (AvgIpc) is 2.80. The molecule has 0 aromatic heterocycles. The van der Waals surface area contributed by atoms with E-state index >= 15 is 0 Å². The van der Waals surface area contributed by atoms with Crippen molar-refractivity contribution < 1.29 is 19.1 Å². The molecule has 0 spiro atoms. The Morgan fingerprint density at radius 2 is 1.83 bits per heavy atom. The van der Waals surface area contributed by atoms with Gasteiger partial charge in [-0.1, -0.05) is 23.8 Å². The number of ether oxygens (including phenoxy) is 1. The van der Waals surface area contributed by atoms with Crippen molar-refractivity contribution in [1.82, 2.24) is 4.90 Å². The normalized spacial score (nSPS) is 23.1. The molecule has 1 aliphatic carbocycles. The third-order valence-corrected chi connectivity index (χ3v) is 4.67. The second kappa shape index (κ2) is 6.16. The fourth-order valence-electron chi connectivity index (χ4n) is 3.10. The number of allylic oxidation sites excluding steroid dienone is 2. The zero-order valence-electron chi connectivity index (χ0n) is 12.6. The summed E-state index contributed by atoms with van der Waals surface area (Å²) in [6.45, 7) is -0.243. The highest BCUT2D eigenvalue weighted by molar-refractivity contribution is 6.32. The standard InChI is InChI=1S/C17H16ClNO4/c1-23-15-7-6-10(8-13(15)18)14(20)9-19-16(21)11-4-2-3-5-12(11)17(19)22/h2-3,6-8,11-12H,4-5,9H2,1H3/t11-,12-/m0/s1. The second-order valence-electron chi connectivity index (χ2n) is 5.69. The highest BCUT2D eigenvalue weighted by Crippen LogP contribution is 2.35. The van der Waals surface area contributed by atoms with Crippen LogP contribution in [0.2, 0.25) is 5.02 Å². The molecule has 6 heteroatoms. The van der Waals surface area contributed by atoms with Crippen molar-refractivity contribution in [2.75, 3.05) is 13.7 Å². The number of fused-ring (bicyclic) bond motifs is 1. The van der Waals surface area contributed by atoms with Crippen molar-refractivity contribution >= 4 is 29.2 Å². The molecule has 0 bridgehead atoms. The van der Waals surface area contributed by atoms with E-state index in [-0.39, 0.29) is 36.0 Å². The lowest BCUT2D eigenvalue weighted by molar-refractivity contribution is -0.139. The molecule has 2 atom stereocenters. The monoisotopic (exact) mass is 333 g/mol. The molecule has 1 saturated heterocycles. The van der Waals surface area contributed by atoms with Gasteiger partial charge in [-0.15, -0.1) is 0 Å². The van der Waals surface area contributed by atoms with Crippen LogP contribution in [-0.2, 0) is 9.59 Å². The molecule has 0 radical (unpaired) electrons. The van der Waals surface area contributed by atoms with Crippen LogP contribution >= 0.6 is 11.6 Å². The molecule has 2 amide bonds. The van der Waals surface area contributed by atoms with Gasteiger partial charge in [-0.05, 0) is 31.0 Å². The predicted molar refractivity (Wildman–Crippen MR) is 84.4 cm³/mol. The SMILES string of the molecule is COc1ccc(C(=O)CN2C(=O)[C@H]3CC=CC[C@@H]3C2=O)cc1Cl. The van der Waals surface area contributed by atoms with Crippen LogP contribution in [0.4, 0.5) is 0 Å². The summed E-state index contributed by atoms with van der Waals surface area (Å²) in [7, 11) is 1.49. The van der Waals surface area contributed by atoms with E-state index in [1.165, 1.54) is 13.2 Å². The zero-order valence-corrected chi connectivity index (χ0v) is 13.4. The minimum absolute atomic E-state index is 0.243. The number of likely N-dealkylation sites (tertiary alicyclic amines) is 1. The zero-order chi connectivity index (χ0) is 16.6. The number of carbonyl (C=O) groups is 3. The Labute approximate surface area is 138 Å². The Morgan fingerprint density at radius 3 is 2.35 bits per heavy atom. The molecule has 0 N–H and O–H groups in total. The molecule has 5 nitrogen and oxygen atoms in total. The van der Waals surface area contributed by atoms with E-state index in [0.29, 0.717) is 29.2 Å². The summed E-state index contributed by atoms with van der Waals surface area (Å²) in [4.78, 5) is 38.2. The van der Waals surface area contributed by atoms with Gasteiger partial charge in [0.15, 0.2) is 5.78 Å². The summed E-state index contributed by atoms with van der Waals surface area (Å²) in [5.74, 6) is -0.995. The Kier molecular flexibility index (Phi) is 4.22. The number of ketones is 1. The highest BCUT2D eigenvalue weighted by atomic mass is 35.5. The smallest absolute Gasteiger partial charge is 0.233 e. The molecule has 0 unspecified atom stereocenters. The Bertz CT molecular complexity index is 687. The number of rotatable bonds is 4. The Balaban J connectivity index is 1.77. The van der Waals surface area contributed by atoms with Gasteiger partial charge in [-0.25, -0.2) is 0 Å². The second-order valence-corrected chi connectivity index (χ2v) is 6.10. The number of hydrogen-bond acceptors (Lipinski definition) is 4.